The maximum absolute atomic E-state index is 13.8. The Balaban J connectivity index is 1.95. The lowest BCUT2D eigenvalue weighted by Crippen LogP contribution is -2.52. The Morgan fingerprint density at radius 1 is 0.914 bits per heavy atom. The van der Waals surface area contributed by atoms with Crippen LogP contribution in [0.4, 0.5) is 0 Å². The first kappa shape index (κ1) is 26.0. The van der Waals surface area contributed by atoms with Crippen LogP contribution in [0.5, 0.6) is 5.75 Å². The van der Waals surface area contributed by atoms with Gasteiger partial charge in [-0.05, 0) is 49.1 Å². The second-order valence-electron chi connectivity index (χ2n) is 9.06. The highest BCUT2D eigenvalue weighted by molar-refractivity contribution is 5.89. The molecular weight excluding hydrogens is 436 g/mol. The third kappa shape index (κ3) is 7.71. The van der Waals surface area contributed by atoms with Gasteiger partial charge in [-0.15, -0.1) is 0 Å². The van der Waals surface area contributed by atoms with Crippen molar-refractivity contribution in [1.82, 2.24) is 10.2 Å². The van der Waals surface area contributed by atoms with E-state index in [1.165, 1.54) is 0 Å². The highest BCUT2D eigenvalue weighted by Crippen LogP contribution is 2.19. The van der Waals surface area contributed by atoms with Gasteiger partial charge in [-0.25, -0.2) is 0 Å². The predicted molar refractivity (Wildman–Crippen MR) is 140 cm³/mol. The number of rotatable bonds is 11. The van der Waals surface area contributed by atoms with Gasteiger partial charge in [0, 0.05) is 19.0 Å². The molecule has 0 saturated carbocycles. The molecule has 0 fully saturated rings. The zero-order valence-electron chi connectivity index (χ0n) is 21.2. The molecule has 3 aromatic carbocycles. The van der Waals surface area contributed by atoms with E-state index in [1.54, 1.807) is 12.0 Å². The van der Waals surface area contributed by atoms with E-state index in [2.05, 4.69) is 11.4 Å². The number of carbonyl (C=O) groups is 2. The minimum Gasteiger partial charge on any atom is -0.497 e. The first-order valence-corrected chi connectivity index (χ1v) is 12.2. The fourth-order valence-electron chi connectivity index (χ4n) is 4.02. The number of amides is 2. The van der Waals surface area contributed by atoms with E-state index < -0.39 is 6.04 Å². The van der Waals surface area contributed by atoms with Crippen LogP contribution in [0.25, 0.3) is 0 Å². The van der Waals surface area contributed by atoms with Crippen LogP contribution in [0, 0.1) is 6.92 Å². The molecule has 3 aromatic rings. The molecule has 1 N–H and O–H groups in total. The van der Waals surface area contributed by atoms with E-state index in [4.69, 9.17) is 4.74 Å². The van der Waals surface area contributed by atoms with E-state index in [0.29, 0.717) is 13.0 Å². The summed E-state index contributed by atoms with van der Waals surface area (Å²) in [5.41, 5.74) is 4.02. The van der Waals surface area contributed by atoms with Crippen LogP contribution in [-0.2, 0) is 29.0 Å². The van der Waals surface area contributed by atoms with Crippen molar-refractivity contribution in [3.05, 3.63) is 101 Å². The number of nitrogens with one attached hydrogen (secondary N) is 1. The number of nitrogens with zero attached hydrogens (tertiary/aromatic N) is 1. The quantitative estimate of drug-likeness (QED) is 0.422. The van der Waals surface area contributed by atoms with E-state index >= 15 is 0 Å². The standard InChI is InChI=1S/C30H36N2O3/c1-5-23(3)31-30(34)28(19-24-11-7-6-8-12-24)32(21-26-13-9-10-22(2)18-26)29(33)20-25-14-16-27(35-4)17-15-25/h6-18,23,28H,5,19-21H2,1-4H3,(H,31,34)/t23-,28-/m0/s1. The molecule has 0 unspecified atom stereocenters. The van der Waals surface area contributed by atoms with Gasteiger partial charge in [-0.1, -0.05) is 79.2 Å². The fraction of sp³-hybridized carbons (Fsp3) is 0.333. The monoisotopic (exact) mass is 472 g/mol. The summed E-state index contributed by atoms with van der Waals surface area (Å²) in [7, 11) is 1.62. The lowest BCUT2D eigenvalue weighted by molar-refractivity contribution is -0.141. The number of methoxy groups -OCH3 is 1. The van der Waals surface area contributed by atoms with Crippen molar-refractivity contribution in [1.29, 1.82) is 0 Å². The SMILES string of the molecule is CC[C@H](C)NC(=O)[C@H](Cc1ccccc1)N(Cc1cccc(C)c1)C(=O)Cc1ccc(OC)cc1. The molecule has 184 valence electrons. The molecule has 0 radical (unpaired) electrons. The highest BCUT2D eigenvalue weighted by Gasteiger charge is 2.31. The molecule has 0 heterocycles. The Morgan fingerprint density at radius 3 is 2.23 bits per heavy atom. The number of hydrogen-bond donors (Lipinski definition) is 1. The topological polar surface area (TPSA) is 58.6 Å². The van der Waals surface area contributed by atoms with Gasteiger partial charge in [0.2, 0.25) is 11.8 Å². The third-order valence-electron chi connectivity index (χ3n) is 6.22. The summed E-state index contributed by atoms with van der Waals surface area (Å²) in [6.45, 7) is 6.42. The van der Waals surface area contributed by atoms with E-state index in [-0.39, 0.29) is 24.3 Å². The maximum Gasteiger partial charge on any atom is 0.243 e. The van der Waals surface area contributed by atoms with Gasteiger partial charge in [-0.3, -0.25) is 9.59 Å². The Bertz CT molecular complexity index is 1100. The number of carbonyl (C=O) groups excluding carboxylic acids is 2. The fourth-order valence-corrected chi connectivity index (χ4v) is 4.02. The molecular formula is C30H36N2O3. The lowest BCUT2D eigenvalue weighted by atomic mass is 10.0. The minimum absolute atomic E-state index is 0.0262. The van der Waals surface area contributed by atoms with Crippen LogP contribution >= 0.6 is 0 Å². The second-order valence-corrected chi connectivity index (χ2v) is 9.06. The maximum atomic E-state index is 13.8. The van der Waals surface area contributed by atoms with Crippen molar-refractivity contribution in [2.24, 2.45) is 0 Å². The molecule has 3 rings (SSSR count). The molecule has 0 aliphatic rings. The van der Waals surface area contributed by atoms with Crippen LogP contribution in [0.3, 0.4) is 0 Å². The van der Waals surface area contributed by atoms with Crippen molar-refractivity contribution < 1.29 is 14.3 Å². The van der Waals surface area contributed by atoms with Gasteiger partial charge in [0.05, 0.1) is 13.5 Å². The average Bonchev–Trinajstić information content (AvgIpc) is 2.87. The molecule has 2 atom stereocenters. The summed E-state index contributed by atoms with van der Waals surface area (Å²) >= 11 is 0. The second kappa shape index (κ2) is 12.7. The van der Waals surface area contributed by atoms with Gasteiger partial charge < -0.3 is 15.0 Å². The number of aryl methyl sites for hydroxylation is 1. The van der Waals surface area contributed by atoms with Crippen LogP contribution in [0.1, 0.15) is 42.5 Å². The summed E-state index contributed by atoms with van der Waals surface area (Å²) in [6.07, 6.45) is 1.47. The molecule has 0 aliphatic carbocycles. The summed E-state index contributed by atoms with van der Waals surface area (Å²) in [4.78, 5) is 29.0. The van der Waals surface area contributed by atoms with Gasteiger partial charge in [0.25, 0.3) is 0 Å². The Labute approximate surface area is 209 Å². The van der Waals surface area contributed by atoms with Crippen molar-refractivity contribution in [2.45, 2.75) is 58.7 Å². The largest absolute Gasteiger partial charge is 0.497 e. The van der Waals surface area contributed by atoms with E-state index in [0.717, 1.165) is 34.4 Å². The van der Waals surface area contributed by atoms with Crippen LogP contribution in [-0.4, -0.2) is 35.9 Å². The summed E-state index contributed by atoms with van der Waals surface area (Å²) in [6, 6.07) is 24.9. The summed E-state index contributed by atoms with van der Waals surface area (Å²) in [5, 5.41) is 3.11. The molecule has 0 bridgehead atoms. The smallest absolute Gasteiger partial charge is 0.243 e. The first-order chi connectivity index (χ1) is 16.9. The predicted octanol–water partition coefficient (Wildman–Crippen LogP) is 5.10. The van der Waals surface area contributed by atoms with E-state index in [1.807, 2.05) is 93.6 Å². The lowest BCUT2D eigenvalue weighted by Gasteiger charge is -2.32. The molecule has 35 heavy (non-hydrogen) atoms. The van der Waals surface area contributed by atoms with Crippen molar-refractivity contribution >= 4 is 11.8 Å². The zero-order chi connectivity index (χ0) is 25.2. The number of ether oxygens (including phenoxy) is 1. The van der Waals surface area contributed by atoms with Crippen LogP contribution in [0.2, 0.25) is 0 Å². The summed E-state index contributed by atoms with van der Waals surface area (Å²) in [5.74, 6) is 0.531. The molecule has 0 aliphatic heterocycles. The van der Waals surface area contributed by atoms with Crippen molar-refractivity contribution in [3.8, 4) is 5.75 Å². The third-order valence-corrected chi connectivity index (χ3v) is 6.22. The minimum atomic E-state index is -0.627. The van der Waals surface area contributed by atoms with Gasteiger partial charge in [0.15, 0.2) is 0 Å². The molecule has 0 saturated heterocycles. The van der Waals surface area contributed by atoms with Gasteiger partial charge in [0.1, 0.15) is 11.8 Å². The number of hydrogen-bond acceptors (Lipinski definition) is 3. The Morgan fingerprint density at radius 2 is 1.60 bits per heavy atom. The van der Waals surface area contributed by atoms with Crippen molar-refractivity contribution in [3.63, 3.8) is 0 Å². The van der Waals surface area contributed by atoms with Gasteiger partial charge in [-0.2, -0.15) is 0 Å². The number of benzene rings is 3. The van der Waals surface area contributed by atoms with Crippen molar-refractivity contribution in [2.75, 3.05) is 7.11 Å². The van der Waals surface area contributed by atoms with Gasteiger partial charge >= 0.3 is 0 Å². The molecule has 0 aromatic heterocycles. The normalized spacial score (nSPS) is 12.5. The average molecular weight is 473 g/mol. The Kier molecular flexibility index (Phi) is 9.47. The zero-order valence-corrected chi connectivity index (χ0v) is 21.2. The molecule has 0 spiro atoms. The Hall–Kier alpha value is -3.60. The molecule has 5 heteroatoms. The molecule has 2 amide bonds. The van der Waals surface area contributed by atoms with Crippen LogP contribution in [0.15, 0.2) is 78.9 Å². The first-order valence-electron chi connectivity index (χ1n) is 12.2. The summed E-state index contributed by atoms with van der Waals surface area (Å²) < 4.78 is 5.25. The molecule has 5 nitrogen and oxygen atoms in total. The van der Waals surface area contributed by atoms with E-state index in [9.17, 15) is 9.59 Å². The highest BCUT2D eigenvalue weighted by atomic mass is 16.5. The van der Waals surface area contributed by atoms with Crippen LogP contribution < -0.4 is 10.1 Å².